The molecule has 0 radical (unpaired) electrons. The smallest absolute Gasteiger partial charge is 0.255 e. The van der Waals surface area contributed by atoms with Crippen molar-refractivity contribution in [1.29, 1.82) is 0 Å². The highest BCUT2D eigenvalue weighted by Gasteiger charge is 2.14. The number of likely N-dealkylation sites (N-methyl/N-ethyl adjacent to an activating group) is 1. The van der Waals surface area contributed by atoms with Gasteiger partial charge in [0.25, 0.3) is 11.8 Å². The SMILES string of the molecule is Cc1ccc(NC(=O)c2cccc(N(C)C)c2)cc1NC(=O)c1cccc(OCC(O)CN(C)CCCN(C)C)c1. The van der Waals surface area contributed by atoms with Crippen molar-refractivity contribution in [2.45, 2.75) is 19.4 Å². The monoisotopic (exact) mass is 561 g/mol. The van der Waals surface area contributed by atoms with Crippen molar-refractivity contribution in [2.75, 3.05) is 77.0 Å². The first-order chi connectivity index (χ1) is 19.5. The highest BCUT2D eigenvalue weighted by Crippen LogP contribution is 2.23. The summed E-state index contributed by atoms with van der Waals surface area (Å²) in [6.45, 7) is 4.40. The number of anilines is 3. The van der Waals surface area contributed by atoms with E-state index >= 15 is 0 Å². The number of carbonyl (C=O) groups excluding carboxylic acids is 2. The van der Waals surface area contributed by atoms with Crippen molar-refractivity contribution < 1.29 is 19.4 Å². The predicted octanol–water partition coefficient (Wildman–Crippen LogP) is 4.19. The van der Waals surface area contributed by atoms with Crippen molar-refractivity contribution in [3.63, 3.8) is 0 Å². The molecule has 41 heavy (non-hydrogen) atoms. The number of aliphatic hydroxyl groups is 1. The minimum atomic E-state index is -0.650. The Kier molecular flexibility index (Phi) is 11.7. The summed E-state index contributed by atoms with van der Waals surface area (Å²) < 4.78 is 5.79. The van der Waals surface area contributed by atoms with Gasteiger partial charge in [0.05, 0.1) is 0 Å². The predicted molar refractivity (Wildman–Crippen MR) is 166 cm³/mol. The van der Waals surface area contributed by atoms with Crippen LogP contribution in [0.2, 0.25) is 0 Å². The number of hydrogen-bond donors (Lipinski definition) is 3. The molecule has 220 valence electrons. The Hall–Kier alpha value is -3.92. The van der Waals surface area contributed by atoms with Crippen LogP contribution < -0.4 is 20.3 Å². The van der Waals surface area contributed by atoms with Crippen molar-refractivity contribution >= 4 is 28.9 Å². The van der Waals surface area contributed by atoms with E-state index in [-0.39, 0.29) is 18.4 Å². The van der Waals surface area contributed by atoms with Crippen molar-refractivity contribution in [3.05, 3.63) is 83.4 Å². The van der Waals surface area contributed by atoms with Crippen LogP contribution in [0.25, 0.3) is 0 Å². The van der Waals surface area contributed by atoms with Gasteiger partial charge in [0.1, 0.15) is 18.5 Å². The molecule has 2 amide bonds. The Balaban J connectivity index is 1.58. The number of benzene rings is 3. The van der Waals surface area contributed by atoms with E-state index in [1.165, 1.54) is 0 Å². The van der Waals surface area contributed by atoms with Crippen LogP contribution in [0.3, 0.4) is 0 Å². The highest BCUT2D eigenvalue weighted by atomic mass is 16.5. The quantitative estimate of drug-likeness (QED) is 0.272. The fourth-order valence-corrected chi connectivity index (χ4v) is 4.24. The van der Waals surface area contributed by atoms with E-state index in [0.29, 0.717) is 34.8 Å². The van der Waals surface area contributed by atoms with Crippen LogP contribution in [0.15, 0.2) is 66.7 Å². The molecule has 0 bridgehead atoms. The molecule has 0 aliphatic rings. The van der Waals surface area contributed by atoms with Crippen molar-refractivity contribution in [1.82, 2.24) is 9.80 Å². The van der Waals surface area contributed by atoms with E-state index in [1.807, 2.05) is 71.3 Å². The summed E-state index contributed by atoms with van der Waals surface area (Å²) in [4.78, 5) is 32.1. The Morgan fingerprint density at radius 1 is 0.854 bits per heavy atom. The minimum Gasteiger partial charge on any atom is -0.491 e. The van der Waals surface area contributed by atoms with E-state index in [0.717, 1.165) is 30.8 Å². The zero-order valence-corrected chi connectivity index (χ0v) is 25.0. The molecule has 9 heteroatoms. The van der Waals surface area contributed by atoms with Gasteiger partial charge in [0, 0.05) is 48.8 Å². The van der Waals surface area contributed by atoms with Crippen molar-refractivity contribution in [2.24, 2.45) is 0 Å². The molecule has 3 aromatic rings. The largest absolute Gasteiger partial charge is 0.491 e. The normalized spacial score (nSPS) is 11.8. The minimum absolute atomic E-state index is 0.126. The first kappa shape index (κ1) is 31.6. The summed E-state index contributed by atoms with van der Waals surface area (Å²) in [5.74, 6) is -0.0341. The number of nitrogens with one attached hydrogen (secondary N) is 2. The molecule has 3 N–H and O–H groups in total. The van der Waals surface area contributed by atoms with Crippen LogP contribution in [0.1, 0.15) is 32.7 Å². The molecule has 0 saturated heterocycles. The first-order valence-electron chi connectivity index (χ1n) is 13.8. The molecule has 0 aliphatic heterocycles. The van der Waals surface area contributed by atoms with E-state index in [1.54, 1.807) is 42.5 Å². The van der Waals surface area contributed by atoms with Gasteiger partial charge < -0.3 is 35.2 Å². The lowest BCUT2D eigenvalue weighted by molar-refractivity contribution is 0.0754. The molecule has 0 saturated carbocycles. The third-order valence-electron chi connectivity index (χ3n) is 6.57. The lowest BCUT2D eigenvalue weighted by Crippen LogP contribution is -2.34. The zero-order valence-electron chi connectivity index (χ0n) is 25.0. The molecule has 3 rings (SSSR count). The number of carbonyl (C=O) groups is 2. The van der Waals surface area contributed by atoms with E-state index in [4.69, 9.17) is 4.74 Å². The lowest BCUT2D eigenvalue weighted by atomic mass is 10.1. The molecular formula is C32H43N5O4. The summed E-state index contributed by atoms with van der Waals surface area (Å²) in [5.41, 5.74) is 3.92. The summed E-state index contributed by atoms with van der Waals surface area (Å²) in [6, 6.07) is 19.6. The van der Waals surface area contributed by atoms with Gasteiger partial charge in [-0.2, -0.15) is 0 Å². The van der Waals surface area contributed by atoms with Crippen molar-refractivity contribution in [3.8, 4) is 5.75 Å². The number of hydrogen-bond acceptors (Lipinski definition) is 7. The zero-order chi connectivity index (χ0) is 29.9. The fourth-order valence-electron chi connectivity index (χ4n) is 4.24. The van der Waals surface area contributed by atoms with Gasteiger partial charge in [-0.05, 0) is 102 Å². The van der Waals surface area contributed by atoms with Crippen LogP contribution in [-0.2, 0) is 0 Å². The number of rotatable bonds is 14. The number of amides is 2. The van der Waals surface area contributed by atoms with Crippen LogP contribution in [-0.4, -0.2) is 94.3 Å². The molecule has 0 aliphatic carbocycles. The van der Waals surface area contributed by atoms with Crippen LogP contribution >= 0.6 is 0 Å². The average molecular weight is 562 g/mol. The molecule has 3 aromatic carbocycles. The molecule has 0 heterocycles. The van der Waals surface area contributed by atoms with Gasteiger partial charge in [-0.25, -0.2) is 0 Å². The molecule has 9 nitrogen and oxygen atoms in total. The summed E-state index contributed by atoms with van der Waals surface area (Å²) in [6.07, 6.45) is 0.371. The van der Waals surface area contributed by atoms with E-state index in [2.05, 4.69) is 20.4 Å². The maximum atomic E-state index is 13.1. The molecule has 1 atom stereocenters. The third-order valence-corrected chi connectivity index (χ3v) is 6.57. The number of nitrogens with zero attached hydrogens (tertiary/aromatic N) is 3. The van der Waals surface area contributed by atoms with E-state index in [9.17, 15) is 14.7 Å². The van der Waals surface area contributed by atoms with E-state index < -0.39 is 6.10 Å². The second-order valence-electron chi connectivity index (χ2n) is 10.8. The highest BCUT2D eigenvalue weighted by molar-refractivity contribution is 6.07. The maximum Gasteiger partial charge on any atom is 0.255 e. The lowest BCUT2D eigenvalue weighted by Gasteiger charge is -2.21. The average Bonchev–Trinajstić information content (AvgIpc) is 2.93. The van der Waals surface area contributed by atoms with Crippen LogP contribution in [0, 0.1) is 6.92 Å². The molecular weight excluding hydrogens is 518 g/mol. The van der Waals surface area contributed by atoms with Crippen LogP contribution in [0.5, 0.6) is 5.75 Å². The summed E-state index contributed by atoms with van der Waals surface area (Å²) in [5, 5.41) is 16.3. The molecule has 0 aromatic heterocycles. The third kappa shape index (κ3) is 10.2. The van der Waals surface area contributed by atoms with Gasteiger partial charge in [0.15, 0.2) is 0 Å². The molecule has 0 fully saturated rings. The molecule has 0 spiro atoms. The second kappa shape index (κ2) is 15.2. The van der Waals surface area contributed by atoms with Gasteiger partial charge in [-0.3, -0.25) is 9.59 Å². The van der Waals surface area contributed by atoms with Gasteiger partial charge in [0.2, 0.25) is 0 Å². The Morgan fingerprint density at radius 3 is 2.24 bits per heavy atom. The summed E-state index contributed by atoms with van der Waals surface area (Å²) in [7, 11) is 9.91. The number of aliphatic hydroxyl groups excluding tert-OH is 1. The number of ether oxygens (including phenoxy) is 1. The van der Waals surface area contributed by atoms with Gasteiger partial charge in [-0.1, -0.05) is 18.2 Å². The number of aryl methyl sites for hydroxylation is 1. The second-order valence-corrected chi connectivity index (χ2v) is 10.8. The maximum absolute atomic E-state index is 13.1. The topological polar surface area (TPSA) is 97.4 Å². The first-order valence-corrected chi connectivity index (χ1v) is 13.8. The Labute approximate surface area is 243 Å². The Bertz CT molecular complexity index is 1310. The fraction of sp³-hybridized carbons (Fsp3) is 0.375. The summed E-state index contributed by atoms with van der Waals surface area (Å²) >= 11 is 0. The van der Waals surface area contributed by atoms with Gasteiger partial charge >= 0.3 is 0 Å². The Morgan fingerprint density at radius 2 is 1.54 bits per heavy atom. The van der Waals surface area contributed by atoms with Crippen LogP contribution in [0.4, 0.5) is 17.1 Å². The standard InChI is InChI=1S/C32H43N5O4/c1-23-14-15-26(33-31(39)24-10-7-12-27(18-24)36(4)5)20-30(23)34-32(40)25-11-8-13-29(19-25)41-22-28(38)21-37(6)17-9-16-35(2)3/h7-8,10-15,18-20,28,38H,9,16-17,21-22H2,1-6H3,(H,33,39)(H,34,40). The molecule has 1 unspecified atom stereocenters. The van der Waals surface area contributed by atoms with Gasteiger partial charge in [-0.15, -0.1) is 0 Å².